The van der Waals surface area contributed by atoms with Gasteiger partial charge >= 0.3 is 0 Å². The van der Waals surface area contributed by atoms with E-state index >= 15 is 0 Å². The summed E-state index contributed by atoms with van der Waals surface area (Å²) in [7, 11) is 1.67. The Morgan fingerprint density at radius 2 is 2.43 bits per heavy atom. The fraction of sp³-hybridized carbons (Fsp3) is 0.333. The second kappa shape index (κ2) is 3.98. The Morgan fingerprint density at radius 1 is 1.57 bits per heavy atom. The van der Waals surface area contributed by atoms with Gasteiger partial charge in [-0.25, -0.2) is 4.98 Å². The van der Waals surface area contributed by atoms with Gasteiger partial charge < -0.3 is 4.74 Å². The Labute approximate surface area is 86.1 Å². The van der Waals surface area contributed by atoms with Crippen LogP contribution in [0.3, 0.4) is 0 Å². The fourth-order valence-corrected chi connectivity index (χ4v) is 1.69. The van der Waals surface area contributed by atoms with E-state index in [-0.39, 0.29) is 0 Å². The molecule has 14 heavy (non-hydrogen) atoms. The van der Waals surface area contributed by atoms with E-state index in [1.807, 2.05) is 12.5 Å². The summed E-state index contributed by atoms with van der Waals surface area (Å²) < 4.78 is 5.06. The van der Waals surface area contributed by atoms with Crippen molar-refractivity contribution in [1.29, 1.82) is 0 Å². The van der Waals surface area contributed by atoms with Gasteiger partial charge in [0, 0.05) is 23.6 Å². The van der Waals surface area contributed by atoms with Crippen molar-refractivity contribution in [2.45, 2.75) is 11.5 Å². The lowest BCUT2D eigenvalue weighted by molar-refractivity contribution is 0.182. The number of fused-ring (bicyclic) bond motifs is 1. The lowest BCUT2D eigenvalue weighted by atomic mass is 10.3. The van der Waals surface area contributed by atoms with Crippen LogP contribution in [0.1, 0.15) is 5.69 Å². The number of methoxy groups -OCH3 is 1. The monoisotopic (exact) mass is 209 g/mol. The number of hydrogen-bond acceptors (Lipinski definition) is 4. The van der Waals surface area contributed by atoms with Crippen LogP contribution >= 0.6 is 11.8 Å². The molecule has 5 heteroatoms. The van der Waals surface area contributed by atoms with E-state index in [0.717, 1.165) is 21.6 Å². The van der Waals surface area contributed by atoms with E-state index in [0.29, 0.717) is 6.61 Å². The predicted octanol–water partition coefficient (Wildman–Crippen LogP) is 1.83. The smallest absolute Gasteiger partial charge is 0.181 e. The molecule has 0 saturated carbocycles. The van der Waals surface area contributed by atoms with E-state index in [4.69, 9.17) is 4.74 Å². The van der Waals surface area contributed by atoms with Gasteiger partial charge in [0.1, 0.15) is 0 Å². The Hall–Kier alpha value is -1.07. The highest BCUT2D eigenvalue weighted by molar-refractivity contribution is 7.98. The largest absolute Gasteiger partial charge is 0.378 e. The molecular formula is C9H11N3OS. The number of pyridine rings is 1. The van der Waals surface area contributed by atoms with Gasteiger partial charge in [-0.15, -0.1) is 11.8 Å². The lowest BCUT2D eigenvalue weighted by Crippen LogP contribution is -1.88. The molecule has 0 spiro atoms. The van der Waals surface area contributed by atoms with E-state index < -0.39 is 0 Å². The number of aromatic nitrogens is 3. The number of nitrogens with zero attached hydrogens (tertiary/aromatic N) is 2. The van der Waals surface area contributed by atoms with Gasteiger partial charge in [-0.05, 0) is 12.3 Å². The minimum atomic E-state index is 0.538. The van der Waals surface area contributed by atoms with Crippen molar-refractivity contribution in [3.63, 3.8) is 0 Å². The summed E-state index contributed by atoms with van der Waals surface area (Å²) in [6.07, 6.45) is 3.85. The Morgan fingerprint density at radius 3 is 3.14 bits per heavy atom. The second-order valence-electron chi connectivity index (χ2n) is 2.88. The molecule has 0 saturated heterocycles. The average Bonchev–Trinajstić information content (AvgIpc) is 2.61. The van der Waals surface area contributed by atoms with Gasteiger partial charge in [-0.2, -0.15) is 5.10 Å². The van der Waals surface area contributed by atoms with Crippen molar-refractivity contribution in [2.24, 2.45) is 0 Å². The van der Waals surface area contributed by atoms with Crippen molar-refractivity contribution in [3.05, 3.63) is 18.0 Å². The van der Waals surface area contributed by atoms with Crippen molar-refractivity contribution in [2.75, 3.05) is 13.4 Å². The molecule has 74 valence electrons. The van der Waals surface area contributed by atoms with Gasteiger partial charge in [0.15, 0.2) is 5.65 Å². The minimum absolute atomic E-state index is 0.538. The SMILES string of the molecule is COCc1[nH]nc2ncc(SC)cc12. The van der Waals surface area contributed by atoms with Crippen LogP contribution in [0.4, 0.5) is 0 Å². The Balaban J connectivity index is 2.52. The molecule has 0 radical (unpaired) electrons. The van der Waals surface area contributed by atoms with Crippen LogP contribution in [0, 0.1) is 0 Å². The highest BCUT2D eigenvalue weighted by atomic mass is 32.2. The number of ether oxygens (including phenoxy) is 1. The predicted molar refractivity (Wildman–Crippen MR) is 56.4 cm³/mol. The summed E-state index contributed by atoms with van der Waals surface area (Å²) in [5.74, 6) is 0. The number of nitrogens with one attached hydrogen (secondary N) is 1. The van der Waals surface area contributed by atoms with E-state index in [1.165, 1.54) is 0 Å². The maximum atomic E-state index is 5.06. The van der Waals surface area contributed by atoms with Crippen LogP contribution in [0.5, 0.6) is 0 Å². The molecule has 0 fully saturated rings. The second-order valence-corrected chi connectivity index (χ2v) is 3.76. The van der Waals surface area contributed by atoms with Crippen molar-refractivity contribution in [3.8, 4) is 0 Å². The van der Waals surface area contributed by atoms with Crippen LogP contribution in [-0.2, 0) is 11.3 Å². The first-order valence-electron chi connectivity index (χ1n) is 4.21. The first kappa shape index (κ1) is 9.48. The highest BCUT2D eigenvalue weighted by Gasteiger charge is 2.06. The van der Waals surface area contributed by atoms with Gasteiger partial charge in [0.25, 0.3) is 0 Å². The Bertz CT molecular complexity index is 441. The molecule has 0 aliphatic heterocycles. The van der Waals surface area contributed by atoms with E-state index in [2.05, 4.69) is 21.2 Å². The molecule has 0 aliphatic rings. The summed E-state index contributed by atoms with van der Waals surface area (Å²) in [5, 5.41) is 8.05. The highest BCUT2D eigenvalue weighted by Crippen LogP contribution is 2.21. The zero-order chi connectivity index (χ0) is 9.97. The first-order valence-corrected chi connectivity index (χ1v) is 5.43. The van der Waals surface area contributed by atoms with Crippen molar-refractivity contribution >= 4 is 22.8 Å². The molecule has 0 atom stereocenters. The molecule has 2 rings (SSSR count). The zero-order valence-corrected chi connectivity index (χ0v) is 8.89. The van der Waals surface area contributed by atoms with Gasteiger partial charge in [-0.1, -0.05) is 0 Å². The fourth-order valence-electron chi connectivity index (χ4n) is 1.30. The molecule has 2 aromatic heterocycles. The molecule has 0 bridgehead atoms. The number of hydrogen-bond donors (Lipinski definition) is 1. The van der Waals surface area contributed by atoms with Gasteiger partial charge in [-0.3, -0.25) is 5.10 Å². The summed E-state index contributed by atoms with van der Waals surface area (Å²) in [4.78, 5) is 5.37. The van der Waals surface area contributed by atoms with Crippen LogP contribution in [-0.4, -0.2) is 28.5 Å². The summed E-state index contributed by atoms with van der Waals surface area (Å²) >= 11 is 1.67. The Kier molecular flexibility index (Phi) is 2.69. The van der Waals surface area contributed by atoms with Crippen LogP contribution in [0.25, 0.3) is 11.0 Å². The molecule has 0 aromatic carbocycles. The normalized spacial score (nSPS) is 11.0. The molecule has 0 aliphatic carbocycles. The third-order valence-electron chi connectivity index (χ3n) is 1.99. The maximum absolute atomic E-state index is 5.06. The standard InChI is InChI=1S/C9H11N3OS/c1-13-5-8-7-3-6(14-2)4-10-9(7)12-11-8/h3-4H,5H2,1-2H3,(H,10,11,12). The quantitative estimate of drug-likeness (QED) is 0.783. The number of thioether (sulfide) groups is 1. The zero-order valence-electron chi connectivity index (χ0n) is 8.07. The molecular weight excluding hydrogens is 198 g/mol. The summed E-state index contributed by atoms with van der Waals surface area (Å²) in [6.45, 7) is 0.538. The molecule has 2 heterocycles. The molecule has 0 amide bonds. The van der Waals surface area contributed by atoms with E-state index in [9.17, 15) is 0 Å². The van der Waals surface area contributed by atoms with Crippen LogP contribution in [0.15, 0.2) is 17.2 Å². The van der Waals surface area contributed by atoms with Crippen molar-refractivity contribution in [1.82, 2.24) is 15.2 Å². The number of aromatic amines is 1. The van der Waals surface area contributed by atoms with Gasteiger partial charge in [0.05, 0.1) is 12.3 Å². The van der Waals surface area contributed by atoms with Crippen molar-refractivity contribution < 1.29 is 4.74 Å². The number of H-pyrrole nitrogens is 1. The summed E-state index contributed by atoms with van der Waals surface area (Å²) in [5.41, 5.74) is 1.72. The van der Waals surface area contributed by atoms with Gasteiger partial charge in [0.2, 0.25) is 0 Å². The van der Waals surface area contributed by atoms with E-state index in [1.54, 1.807) is 18.9 Å². The summed E-state index contributed by atoms with van der Waals surface area (Å²) in [6, 6.07) is 2.07. The minimum Gasteiger partial charge on any atom is -0.378 e. The number of rotatable bonds is 3. The van der Waals surface area contributed by atoms with Crippen LogP contribution < -0.4 is 0 Å². The lowest BCUT2D eigenvalue weighted by Gasteiger charge is -1.97. The molecule has 4 nitrogen and oxygen atoms in total. The average molecular weight is 209 g/mol. The first-order chi connectivity index (χ1) is 6.85. The molecule has 2 aromatic rings. The molecule has 1 N–H and O–H groups in total. The topological polar surface area (TPSA) is 50.8 Å². The molecule has 0 unspecified atom stereocenters. The van der Waals surface area contributed by atoms with Crippen LogP contribution in [0.2, 0.25) is 0 Å². The maximum Gasteiger partial charge on any atom is 0.181 e. The third-order valence-corrected chi connectivity index (χ3v) is 2.68. The third kappa shape index (κ3) is 1.60.